The molecule has 5 nitrogen and oxygen atoms in total. The van der Waals surface area contributed by atoms with Crippen LogP contribution < -0.4 is 0 Å². The van der Waals surface area contributed by atoms with Crippen LogP contribution in [0.15, 0.2) is 42.5 Å². The fraction of sp³-hybridized carbons (Fsp3) is 0.375. The van der Waals surface area contributed by atoms with Gasteiger partial charge in [-0.25, -0.2) is 0 Å². The number of nitrogens with zero attached hydrogens (tertiary/aromatic N) is 1. The Morgan fingerprint density at radius 2 is 1.62 bits per heavy atom. The van der Waals surface area contributed by atoms with E-state index in [1.54, 1.807) is 12.1 Å². The van der Waals surface area contributed by atoms with Gasteiger partial charge in [0.05, 0.1) is 36.7 Å². The van der Waals surface area contributed by atoms with Gasteiger partial charge in [-0.3, -0.25) is 14.5 Å². The highest BCUT2D eigenvalue weighted by Gasteiger charge is 2.60. The Hall–Kier alpha value is -1.98. The minimum Gasteiger partial charge on any atom is -0.387 e. The van der Waals surface area contributed by atoms with E-state index in [0.717, 1.165) is 0 Å². The van der Waals surface area contributed by atoms with Crippen LogP contribution in [0.3, 0.4) is 0 Å². The average Bonchev–Trinajstić information content (AvgIpc) is 3.18. The molecule has 3 heterocycles. The molecular weight excluding hydrogens is 270 g/mol. The summed E-state index contributed by atoms with van der Waals surface area (Å²) in [4.78, 5) is 26.1. The zero-order valence-corrected chi connectivity index (χ0v) is 11.3. The summed E-state index contributed by atoms with van der Waals surface area (Å²) >= 11 is 0. The SMILES string of the molecule is O=C1[C@@H]2[C@H](C(=O)N1C[C@H](O)c1ccccc1)[C@@H]1C=C[C@@H]2O1. The Morgan fingerprint density at radius 1 is 1.05 bits per heavy atom. The van der Waals surface area contributed by atoms with Gasteiger partial charge in [0.2, 0.25) is 11.8 Å². The lowest BCUT2D eigenvalue weighted by Gasteiger charge is -2.21. The molecule has 0 spiro atoms. The van der Waals surface area contributed by atoms with Crippen molar-refractivity contribution >= 4 is 11.8 Å². The first-order valence-corrected chi connectivity index (χ1v) is 7.09. The minimum absolute atomic E-state index is 0.00806. The molecule has 1 aromatic carbocycles. The van der Waals surface area contributed by atoms with Gasteiger partial charge in [0.15, 0.2) is 0 Å². The third-order valence-electron chi connectivity index (χ3n) is 4.54. The molecule has 21 heavy (non-hydrogen) atoms. The van der Waals surface area contributed by atoms with Gasteiger partial charge < -0.3 is 9.84 Å². The van der Waals surface area contributed by atoms with Gasteiger partial charge in [0.1, 0.15) is 0 Å². The van der Waals surface area contributed by atoms with E-state index in [1.807, 2.05) is 30.4 Å². The highest BCUT2D eigenvalue weighted by molar-refractivity contribution is 6.06. The number of ether oxygens (including phenoxy) is 1. The van der Waals surface area contributed by atoms with E-state index >= 15 is 0 Å². The molecule has 5 atom stereocenters. The van der Waals surface area contributed by atoms with E-state index in [9.17, 15) is 14.7 Å². The van der Waals surface area contributed by atoms with Gasteiger partial charge in [-0.2, -0.15) is 0 Å². The van der Waals surface area contributed by atoms with Gasteiger partial charge in [-0.15, -0.1) is 0 Å². The third-order valence-corrected chi connectivity index (χ3v) is 4.54. The average molecular weight is 285 g/mol. The molecule has 0 aliphatic carbocycles. The zero-order chi connectivity index (χ0) is 14.6. The quantitative estimate of drug-likeness (QED) is 0.654. The van der Waals surface area contributed by atoms with Crippen molar-refractivity contribution in [2.24, 2.45) is 11.8 Å². The van der Waals surface area contributed by atoms with E-state index < -0.39 is 17.9 Å². The van der Waals surface area contributed by atoms with Crippen LogP contribution >= 0.6 is 0 Å². The first kappa shape index (κ1) is 12.7. The molecule has 1 N–H and O–H groups in total. The second kappa shape index (κ2) is 4.51. The third kappa shape index (κ3) is 1.78. The first-order chi connectivity index (χ1) is 10.2. The summed E-state index contributed by atoms with van der Waals surface area (Å²) in [7, 11) is 0. The lowest BCUT2D eigenvalue weighted by molar-refractivity contribution is -0.144. The monoisotopic (exact) mass is 285 g/mol. The number of β-amino-alcohol motifs (C(OH)–C–C–N with tert-alkyl or cyclic N) is 1. The first-order valence-electron chi connectivity index (χ1n) is 7.09. The Bertz CT molecular complexity index is 596. The molecule has 0 unspecified atom stereocenters. The number of fused-ring (bicyclic) bond motifs is 5. The van der Waals surface area contributed by atoms with E-state index in [2.05, 4.69) is 0 Å². The summed E-state index contributed by atoms with van der Waals surface area (Å²) in [5.74, 6) is -1.26. The van der Waals surface area contributed by atoms with Gasteiger partial charge in [0.25, 0.3) is 0 Å². The molecule has 1 aromatic rings. The van der Waals surface area contributed by atoms with E-state index in [0.29, 0.717) is 5.56 Å². The highest BCUT2D eigenvalue weighted by Crippen LogP contribution is 2.45. The molecule has 2 amide bonds. The normalized spacial score (nSPS) is 34.6. The lowest BCUT2D eigenvalue weighted by Crippen LogP contribution is -2.37. The topological polar surface area (TPSA) is 66.8 Å². The van der Waals surface area contributed by atoms with Crippen molar-refractivity contribution in [1.82, 2.24) is 4.90 Å². The van der Waals surface area contributed by atoms with Crippen molar-refractivity contribution in [3.8, 4) is 0 Å². The number of benzene rings is 1. The maximum atomic E-state index is 12.4. The molecule has 0 aromatic heterocycles. The van der Waals surface area contributed by atoms with Crippen LogP contribution in [0.5, 0.6) is 0 Å². The van der Waals surface area contributed by atoms with Crippen molar-refractivity contribution in [2.75, 3.05) is 6.54 Å². The maximum absolute atomic E-state index is 12.4. The molecule has 2 bridgehead atoms. The van der Waals surface area contributed by atoms with Gasteiger partial charge >= 0.3 is 0 Å². The van der Waals surface area contributed by atoms with E-state index in [4.69, 9.17) is 4.74 Å². The van der Waals surface area contributed by atoms with Crippen LogP contribution in [-0.2, 0) is 14.3 Å². The second-order valence-corrected chi connectivity index (χ2v) is 5.72. The van der Waals surface area contributed by atoms with Crippen LogP contribution in [0.25, 0.3) is 0 Å². The molecule has 3 aliphatic heterocycles. The van der Waals surface area contributed by atoms with Crippen LogP contribution in [0.2, 0.25) is 0 Å². The molecule has 5 heteroatoms. The fourth-order valence-electron chi connectivity index (χ4n) is 3.50. The Labute approximate surface area is 121 Å². The smallest absolute Gasteiger partial charge is 0.236 e. The number of rotatable bonds is 3. The Morgan fingerprint density at radius 3 is 2.19 bits per heavy atom. The summed E-state index contributed by atoms with van der Waals surface area (Å²) in [6.07, 6.45) is 2.29. The van der Waals surface area contributed by atoms with Crippen molar-refractivity contribution in [3.63, 3.8) is 0 Å². The van der Waals surface area contributed by atoms with Gasteiger partial charge in [-0.1, -0.05) is 42.5 Å². The van der Waals surface area contributed by atoms with E-state index in [1.165, 1.54) is 4.90 Å². The molecule has 4 rings (SSSR count). The van der Waals surface area contributed by atoms with Crippen LogP contribution in [0, 0.1) is 11.8 Å². The lowest BCUT2D eigenvalue weighted by atomic mass is 9.85. The van der Waals surface area contributed by atoms with Crippen molar-refractivity contribution in [1.29, 1.82) is 0 Å². The largest absolute Gasteiger partial charge is 0.387 e. The van der Waals surface area contributed by atoms with Crippen molar-refractivity contribution < 1.29 is 19.4 Å². The van der Waals surface area contributed by atoms with Crippen LogP contribution in [0.1, 0.15) is 11.7 Å². The Kier molecular flexibility index (Phi) is 2.74. The number of hydrogen-bond acceptors (Lipinski definition) is 4. The van der Waals surface area contributed by atoms with Crippen LogP contribution in [-0.4, -0.2) is 40.6 Å². The molecule has 2 fully saturated rings. The fourth-order valence-corrected chi connectivity index (χ4v) is 3.50. The number of aliphatic hydroxyl groups excluding tert-OH is 1. The zero-order valence-electron chi connectivity index (χ0n) is 11.3. The molecule has 0 radical (unpaired) electrons. The predicted molar refractivity (Wildman–Crippen MR) is 72.9 cm³/mol. The number of likely N-dealkylation sites (tertiary alicyclic amines) is 1. The minimum atomic E-state index is -0.857. The number of imide groups is 1. The second-order valence-electron chi connectivity index (χ2n) is 5.72. The number of amides is 2. The molecule has 0 saturated carbocycles. The van der Waals surface area contributed by atoms with Gasteiger partial charge in [0, 0.05) is 0 Å². The predicted octanol–water partition coefficient (Wildman–Crippen LogP) is 0.658. The molecular formula is C16H15NO4. The number of hydrogen-bond donors (Lipinski definition) is 1. The van der Waals surface area contributed by atoms with Crippen LogP contribution in [0.4, 0.5) is 0 Å². The number of aliphatic hydroxyl groups is 1. The van der Waals surface area contributed by atoms with E-state index in [-0.39, 0.29) is 30.6 Å². The molecule has 3 aliphatic rings. The summed E-state index contributed by atoms with van der Waals surface area (Å²) in [6, 6.07) is 9.06. The molecule has 2 saturated heterocycles. The molecule has 108 valence electrons. The number of carbonyl (C=O) groups is 2. The maximum Gasteiger partial charge on any atom is 0.236 e. The van der Waals surface area contributed by atoms with Gasteiger partial charge in [-0.05, 0) is 5.56 Å². The highest BCUT2D eigenvalue weighted by atomic mass is 16.5. The standard InChI is InChI=1S/C16H15NO4/c18-10(9-4-2-1-3-5-9)8-17-15(19)13-11-6-7-12(21-11)14(13)16(17)20/h1-7,10-14,18H,8H2/t10-,11-,12-,13-,14+/m0/s1. The van der Waals surface area contributed by atoms with Crippen molar-refractivity contribution in [3.05, 3.63) is 48.0 Å². The summed E-state index contributed by atoms with van der Waals surface area (Å²) in [5.41, 5.74) is 0.701. The summed E-state index contributed by atoms with van der Waals surface area (Å²) < 4.78 is 5.58. The Balaban J connectivity index is 1.55. The van der Waals surface area contributed by atoms with Crippen molar-refractivity contribution in [2.45, 2.75) is 18.3 Å². The summed E-state index contributed by atoms with van der Waals surface area (Å²) in [6.45, 7) is 0.00806. The summed E-state index contributed by atoms with van der Waals surface area (Å²) in [5, 5.41) is 10.2. The number of carbonyl (C=O) groups excluding carboxylic acids is 2.